The molecule has 0 aromatic carbocycles. The first-order valence-corrected chi connectivity index (χ1v) is 24.7. The van der Waals surface area contributed by atoms with Crippen LogP contribution in [0.15, 0.2) is 28.7 Å². The van der Waals surface area contributed by atoms with Crippen LogP contribution in [0.3, 0.4) is 0 Å². The molecule has 11 heteroatoms. The van der Waals surface area contributed by atoms with E-state index in [9.17, 15) is 19.5 Å². The summed E-state index contributed by atoms with van der Waals surface area (Å²) in [6.07, 6.45) is 20.6. The number of allylic oxidation sites excluding steroid dienone is 4. The summed E-state index contributed by atoms with van der Waals surface area (Å²) >= 11 is 0. The third-order valence-corrected chi connectivity index (χ3v) is 15.0. The van der Waals surface area contributed by atoms with Gasteiger partial charge in [0.25, 0.3) is 0 Å². The molecule has 0 amide bonds. The van der Waals surface area contributed by atoms with Crippen LogP contribution in [0.25, 0.3) is 40.2 Å². The van der Waals surface area contributed by atoms with Crippen LogP contribution in [-0.2, 0) is 19.1 Å². The number of carbonyl (C=O) groups is 3. The van der Waals surface area contributed by atoms with Gasteiger partial charge in [-0.05, 0) is 94.5 Å². The van der Waals surface area contributed by atoms with E-state index in [-0.39, 0.29) is 77.3 Å². The van der Waals surface area contributed by atoms with E-state index < -0.39 is 17.9 Å². The molecule has 2 fully saturated rings. The first-order valence-electron chi connectivity index (χ1n) is 24.7. The molecule has 2 aromatic heterocycles. The smallest absolute Gasteiger partial charge is 0.681 e. The van der Waals surface area contributed by atoms with Crippen molar-refractivity contribution in [2.45, 2.75) is 159 Å². The molecule has 66 heavy (non-hydrogen) atoms. The van der Waals surface area contributed by atoms with Crippen molar-refractivity contribution in [2.24, 2.45) is 47.3 Å². The van der Waals surface area contributed by atoms with E-state index in [0.717, 1.165) is 59.3 Å². The van der Waals surface area contributed by atoms with Crippen LogP contribution in [0.1, 0.15) is 178 Å². The molecule has 4 aliphatic rings. The van der Waals surface area contributed by atoms with Crippen LogP contribution < -0.4 is 20.5 Å². The number of esters is 2. The number of Topliss-reactive ketones (excluding diaryl/α,β-unsaturated/α-hetero) is 1. The summed E-state index contributed by atoms with van der Waals surface area (Å²) in [7, 11) is 1.32. The van der Waals surface area contributed by atoms with Gasteiger partial charge < -0.3 is 35.2 Å². The van der Waals surface area contributed by atoms with Crippen LogP contribution >= 0.6 is 0 Å². The molecule has 1 N–H and O–H groups in total. The molecule has 2 unspecified atom stereocenters. The molecule has 356 valence electrons. The fourth-order valence-corrected chi connectivity index (χ4v) is 10.9. The normalized spacial score (nSPS) is 25.5. The van der Waals surface area contributed by atoms with E-state index in [4.69, 9.17) is 30.1 Å². The Labute approximate surface area is 411 Å². The predicted octanol–water partition coefficient (Wildman–Crippen LogP) is 11.2. The van der Waals surface area contributed by atoms with Gasteiger partial charge in [-0.15, -0.1) is 22.4 Å². The number of methoxy groups -OCH3 is 1. The monoisotopic (exact) mass is 913 g/mol. The number of nitrogens with zero attached hydrogens (tertiary/aromatic N) is 4. The van der Waals surface area contributed by atoms with Crippen molar-refractivity contribution in [1.29, 1.82) is 0 Å². The number of rotatable bonds is 20. The Morgan fingerprint density at radius 2 is 1.42 bits per heavy atom. The molecule has 1 aliphatic carbocycles. The summed E-state index contributed by atoms with van der Waals surface area (Å²) in [5.74, 6) is -0.112. The number of fused-ring (bicyclic) bond motifs is 8. The van der Waals surface area contributed by atoms with E-state index in [0.29, 0.717) is 51.1 Å². The molecule has 8 atom stereocenters. The van der Waals surface area contributed by atoms with Gasteiger partial charge in [0.15, 0.2) is 5.78 Å². The number of aromatic nitrogens is 2. The molecule has 3 aliphatic heterocycles. The van der Waals surface area contributed by atoms with Crippen LogP contribution in [0, 0.1) is 61.2 Å². The van der Waals surface area contributed by atoms with Crippen LogP contribution in [0.5, 0.6) is 0 Å². The SMILES string of the molecule is CCC1/C2=C/c3[n-]c4c(c3C)=C(O)[C@H](C(=O)OC)C=4C3[N-]/C(=C\c4[n-]c(c(C(C)=O)c4C)/C=C(\[N-]2)[C@@H]1C)[C@@H](C)[C@@H]3CCC(=O)OC/C=C(\C)CCC[C@H](C)CCC[C@H](C)CCCC(C)C.[Mg+2]. The average Bonchev–Trinajstić information content (AvgIpc) is 4.00. The fraction of sp³-hybridized carbons (Fsp3) is 0.618. The van der Waals surface area contributed by atoms with Gasteiger partial charge in [0, 0.05) is 17.2 Å². The van der Waals surface area contributed by atoms with Crippen molar-refractivity contribution >= 4 is 70.3 Å². The number of aliphatic hydroxyl groups is 1. The second kappa shape index (κ2) is 23.4. The fourth-order valence-electron chi connectivity index (χ4n) is 10.9. The van der Waals surface area contributed by atoms with Gasteiger partial charge in [-0.2, -0.15) is 17.1 Å². The largest absolute Gasteiger partial charge is 2.00 e. The number of aliphatic hydroxyl groups excluding tert-OH is 1. The summed E-state index contributed by atoms with van der Waals surface area (Å²) in [4.78, 5) is 50.5. The third-order valence-electron chi connectivity index (χ3n) is 15.0. The van der Waals surface area contributed by atoms with Crippen molar-refractivity contribution in [2.75, 3.05) is 13.7 Å². The zero-order valence-corrected chi connectivity index (χ0v) is 43.6. The third kappa shape index (κ3) is 11.8. The predicted molar refractivity (Wildman–Crippen MR) is 268 cm³/mol. The van der Waals surface area contributed by atoms with Crippen molar-refractivity contribution in [3.05, 3.63) is 83.7 Å². The first kappa shape index (κ1) is 53.0. The minimum atomic E-state index is -1.10. The molecule has 8 bridgehead atoms. The summed E-state index contributed by atoms with van der Waals surface area (Å²) in [6, 6.07) is -0.616. The number of ketones is 1. The molecule has 0 radical (unpaired) electrons. The Kier molecular flexibility index (Phi) is 18.8. The molecular formula is C55H76MgN4O6-2. The number of hydrogen-bond donors (Lipinski definition) is 1. The Morgan fingerprint density at radius 1 is 0.803 bits per heavy atom. The van der Waals surface area contributed by atoms with Gasteiger partial charge >= 0.3 is 35.0 Å². The second-order valence-electron chi connectivity index (χ2n) is 20.4. The van der Waals surface area contributed by atoms with Gasteiger partial charge in [0.2, 0.25) is 0 Å². The zero-order valence-electron chi connectivity index (χ0n) is 42.2. The van der Waals surface area contributed by atoms with E-state index in [1.807, 2.05) is 38.2 Å². The topological polar surface area (TPSA) is 146 Å². The van der Waals surface area contributed by atoms with Crippen LogP contribution in [0.4, 0.5) is 0 Å². The maximum Gasteiger partial charge on any atom is 2.00 e. The van der Waals surface area contributed by atoms with Crippen molar-refractivity contribution in [3.8, 4) is 0 Å². The minimum absolute atomic E-state index is 0. The molecular weight excluding hydrogens is 837 g/mol. The quantitative estimate of drug-likeness (QED) is 0.0598. The maximum atomic E-state index is 13.6. The first-order chi connectivity index (χ1) is 30.9. The van der Waals surface area contributed by atoms with Crippen molar-refractivity contribution in [1.82, 2.24) is 9.97 Å². The minimum Gasteiger partial charge on any atom is -0.681 e. The maximum absolute atomic E-state index is 13.6. The summed E-state index contributed by atoms with van der Waals surface area (Å²) in [5, 5.41) is 23.4. The van der Waals surface area contributed by atoms with Crippen molar-refractivity contribution < 1.29 is 29.0 Å². The summed E-state index contributed by atoms with van der Waals surface area (Å²) < 4.78 is 11.1. The van der Waals surface area contributed by atoms with E-state index in [1.165, 1.54) is 57.6 Å². The van der Waals surface area contributed by atoms with Crippen LogP contribution in [-0.4, -0.2) is 65.6 Å². The van der Waals surface area contributed by atoms with Crippen molar-refractivity contribution in [3.63, 3.8) is 0 Å². The number of hydrogen-bond acceptors (Lipinski definition) is 6. The molecule has 0 saturated carbocycles. The van der Waals surface area contributed by atoms with Crippen LogP contribution in [0.2, 0.25) is 0 Å². The van der Waals surface area contributed by atoms with Gasteiger partial charge in [-0.3, -0.25) is 14.4 Å². The number of ether oxygens (including phenoxy) is 2. The zero-order chi connectivity index (χ0) is 47.3. The van der Waals surface area contributed by atoms with E-state index >= 15 is 0 Å². The average molecular weight is 914 g/mol. The summed E-state index contributed by atoms with van der Waals surface area (Å²) in [5.41, 5.74) is 8.21. The standard InChI is InChI=1S/C55H77N4O6.Mg/c1-13-39-34(7)41-29-46-48(38(11)60)36(9)43(57-46)27-42-35(8)40(52(58-42)50-51(55(63)64-12)54(62)49-37(10)44(59-53(49)50)28-45(39)56-41)23-24-47(61)65-26-25-33(6)22-16-21-32(5)20-15-19-31(4)18-14-17-30(2)3;/h25,27-32,34-35,39-40,51-52H,13-24,26H2,1-12H3,(H2-,56,57,60,62);/q-3;+2/p-1/b33-25+,42-27-,45-28-;/t31-,32-,34-,35+,39?,40+,51-,52?;/m1./s1. The number of carbonyl (C=O) groups excluding carboxylic acids is 3. The molecule has 6 rings (SSSR count). The Bertz CT molecular complexity index is 2340. The van der Waals surface area contributed by atoms with E-state index in [2.05, 4.69) is 55.4 Å². The molecule has 0 spiro atoms. The summed E-state index contributed by atoms with van der Waals surface area (Å²) in [6.45, 7) is 23.5. The Balaban J connectivity index is 0.00000817. The Morgan fingerprint density at radius 3 is 2.06 bits per heavy atom. The molecule has 2 aromatic rings. The second-order valence-corrected chi connectivity index (χ2v) is 20.4. The van der Waals surface area contributed by atoms with E-state index in [1.54, 1.807) is 6.92 Å². The van der Waals surface area contributed by atoms with Gasteiger partial charge in [-0.1, -0.05) is 146 Å². The molecule has 10 nitrogen and oxygen atoms in total. The molecule has 2 saturated heterocycles. The Hall–Kier alpha value is -3.96. The van der Waals surface area contributed by atoms with Gasteiger partial charge in [0.1, 0.15) is 18.3 Å². The van der Waals surface area contributed by atoms with Gasteiger partial charge in [-0.25, -0.2) is 0 Å². The van der Waals surface area contributed by atoms with Gasteiger partial charge in [0.05, 0.1) is 7.11 Å². The molecule has 5 heterocycles.